The second-order valence-corrected chi connectivity index (χ2v) is 6.29. The Hall–Kier alpha value is -2.43. The van der Waals surface area contributed by atoms with Crippen LogP contribution in [0.25, 0.3) is 0 Å². The lowest BCUT2D eigenvalue weighted by Gasteiger charge is -2.32. The van der Waals surface area contributed by atoms with Crippen molar-refractivity contribution in [3.8, 4) is 5.75 Å². The first kappa shape index (κ1) is 16.4. The van der Waals surface area contributed by atoms with Crippen LogP contribution in [0.4, 0.5) is 0 Å². The van der Waals surface area contributed by atoms with Gasteiger partial charge in [0.2, 0.25) is 5.91 Å². The molecule has 0 saturated carbocycles. The molecule has 5 nitrogen and oxygen atoms in total. The van der Waals surface area contributed by atoms with Gasteiger partial charge in [0, 0.05) is 31.4 Å². The molecule has 2 aromatic rings. The quantitative estimate of drug-likeness (QED) is 0.867. The summed E-state index contributed by atoms with van der Waals surface area (Å²) in [5.74, 6) is 1.26. The van der Waals surface area contributed by atoms with E-state index in [-0.39, 0.29) is 11.8 Å². The van der Waals surface area contributed by atoms with E-state index in [2.05, 4.69) is 9.97 Å². The van der Waals surface area contributed by atoms with Gasteiger partial charge in [0.25, 0.3) is 0 Å². The minimum atomic E-state index is 0.172. The van der Waals surface area contributed by atoms with E-state index in [9.17, 15) is 4.79 Å². The predicted octanol–water partition coefficient (Wildman–Crippen LogP) is 2.74. The molecule has 1 fully saturated rings. The number of amides is 1. The van der Waals surface area contributed by atoms with Gasteiger partial charge in [-0.2, -0.15) is 0 Å². The van der Waals surface area contributed by atoms with Gasteiger partial charge in [0.1, 0.15) is 5.75 Å². The molecule has 0 N–H and O–H groups in total. The Labute approximate surface area is 142 Å². The summed E-state index contributed by atoms with van der Waals surface area (Å²) >= 11 is 0. The number of likely N-dealkylation sites (tertiary alicyclic amines) is 1. The summed E-state index contributed by atoms with van der Waals surface area (Å²) < 4.78 is 5.15. The van der Waals surface area contributed by atoms with Crippen molar-refractivity contribution in [2.75, 3.05) is 20.2 Å². The van der Waals surface area contributed by atoms with Crippen molar-refractivity contribution < 1.29 is 9.53 Å². The van der Waals surface area contributed by atoms with E-state index in [1.807, 2.05) is 42.3 Å². The monoisotopic (exact) mass is 325 g/mol. The summed E-state index contributed by atoms with van der Waals surface area (Å²) in [6.07, 6.45) is 6.09. The van der Waals surface area contributed by atoms with Crippen molar-refractivity contribution in [1.29, 1.82) is 0 Å². The molecule has 0 spiro atoms. The van der Waals surface area contributed by atoms with Crippen molar-refractivity contribution in [3.63, 3.8) is 0 Å². The van der Waals surface area contributed by atoms with Crippen LogP contribution in [0.15, 0.2) is 36.7 Å². The molecule has 3 rings (SSSR count). The van der Waals surface area contributed by atoms with Crippen molar-refractivity contribution in [2.24, 2.45) is 0 Å². The molecule has 0 aliphatic carbocycles. The molecular weight excluding hydrogens is 302 g/mol. The fraction of sp³-hybridized carbons (Fsp3) is 0.421. The fourth-order valence-corrected chi connectivity index (χ4v) is 3.15. The zero-order chi connectivity index (χ0) is 16.9. The Balaban J connectivity index is 1.64. The maximum atomic E-state index is 12.6. The van der Waals surface area contributed by atoms with Gasteiger partial charge in [-0.25, -0.2) is 0 Å². The largest absolute Gasteiger partial charge is 0.497 e. The summed E-state index contributed by atoms with van der Waals surface area (Å²) in [5, 5.41) is 0. The summed E-state index contributed by atoms with van der Waals surface area (Å²) in [7, 11) is 1.64. The van der Waals surface area contributed by atoms with Crippen LogP contribution in [0.2, 0.25) is 0 Å². The molecule has 1 amide bonds. The number of rotatable bonds is 4. The van der Waals surface area contributed by atoms with E-state index in [0.29, 0.717) is 6.42 Å². The molecule has 5 heteroatoms. The van der Waals surface area contributed by atoms with E-state index < -0.39 is 0 Å². The molecule has 0 bridgehead atoms. The van der Waals surface area contributed by atoms with Crippen LogP contribution in [-0.4, -0.2) is 41.0 Å². The second kappa shape index (κ2) is 7.43. The zero-order valence-corrected chi connectivity index (χ0v) is 14.2. The van der Waals surface area contributed by atoms with Crippen LogP contribution < -0.4 is 4.74 Å². The number of ether oxygens (including phenoxy) is 1. The summed E-state index contributed by atoms with van der Waals surface area (Å²) in [4.78, 5) is 23.4. The first-order chi connectivity index (χ1) is 11.7. The number of carbonyl (C=O) groups is 1. The Morgan fingerprint density at radius 2 is 2.08 bits per heavy atom. The first-order valence-electron chi connectivity index (χ1n) is 8.35. The Kier molecular flexibility index (Phi) is 5.08. The normalized spacial score (nSPS) is 17.6. The van der Waals surface area contributed by atoms with E-state index >= 15 is 0 Å². The lowest BCUT2D eigenvalue weighted by Crippen LogP contribution is -2.40. The van der Waals surface area contributed by atoms with Gasteiger partial charge in [-0.1, -0.05) is 12.1 Å². The number of methoxy groups -OCH3 is 1. The number of hydrogen-bond acceptors (Lipinski definition) is 4. The van der Waals surface area contributed by atoms with Gasteiger partial charge in [0.05, 0.1) is 24.9 Å². The lowest BCUT2D eigenvalue weighted by molar-refractivity contribution is -0.131. The highest BCUT2D eigenvalue weighted by atomic mass is 16.5. The second-order valence-electron chi connectivity index (χ2n) is 6.29. The SMILES string of the molecule is COc1ccc(CC(=O)N2CCC[C@@H](c3cncc(C)n3)C2)cc1. The van der Waals surface area contributed by atoms with Gasteiger partial charge in [-0.3, -0.25) is 14.8 Å². The van der Waals surface area contributed by atoms with Crippen molar-refractivity contribution in [2.45, 2.75) is 32.1 Å². The third kappa shape index (κ3) is 3.91. The molecule has 1 aliphatic rings. The maximum Gasteiger partial charge on any atom is 0.227 e. The van der Waals surface area contributed by atoms with Crippen LogP contribution in [0.1, 0.15) is 35.7 Å². The highest BCUT2D eigenvalue weighted by Gasteiger charge is 2.25. The molecule has 126 valence electrons. The number of aryl methyl sites for hydroxylation is 1. The molecule has 1 saturated heterocycles. The lowest BCUT2D eigenvalue weighted by atomic mass is 9.94. The van der Waals surface area contributed by atoms with Crippen molar-refractivity contribution >= 4 is 5.91 Å². The molecule has 0 radical (unpaired) electrons. The number of carbonyl (C=O) groups excluding carboxylic acids is 1. The van der Waals surface area contributed by atoms with E-state index in [1.54, 1.807) is 13.3 Å². The Bertz CT molecular complexity index is 700. The van der Waals surface area contributed by atoms with E-state index in [1.165, 1.54) is 0 Å². The standard InChI is InChI=1S/C19H23N3O2/c1-14-11-20-12-18(21-14)16-4-3-9-22(13-16)19(23)10-15-5-7-17(24-2)8-6-15/h5-8,11-12,16H,3-4,9-10,13H2,1-2H3/t16-/m1/s1. The molecule has 0 unspecified atom stereocenters. The molecule has 1 aliphatic heterocycles. The number of nitrogens with zero attached hydrogens (tertiary/aromatic N) is 3. The average molecular weight is 325 g/mol. The summed E-state index contributed by atoms with van der Waals surface area (Å²) in [6, 6.07) is 7.68. The molecule has 2 heterocycles. The van der Waals surface area contributed by atoms with Crippen LogP contribution in [0.3, 0.4) is 0 Å². The molecule has 1 atom stereocenters. The van der Waals surface area contributed by atoms with Crippen molar-refractivity contribution in [1.82, 2.24) is 14.9 Å². The van der Waals surface area contributed by atoms with E-state index in [4.69, 9.17) is 4.74 Å². The van der Waals surface area contributed by atoms with Gasteiger partial charge >= 0.3 is 0 Å². The van der Waals surface area contributed by atoms with Gasteiger partial charge in [0.15, 0.2) is 0 Å². The van der Waals surface area contributed by atoms with Crippen LogP contribution in [-0.2, 0) is 11.2 Å². The molecule has 1 aromatic heterocycles. The highest BCUT2D eigenvalue weighted by Crippen LogP contribution is 2.25. The van der Waals surface area contributed by atoms with Gasteiger partial charge in [-0.15, -0.1) is 0 Å². The third-order valence-electron chi connectivity index (χ3n) is 4.48. The first-order valence-corrected chi connectivity index (χ1v) is 8.35. The summed E-state index contributed by atoms with van der Waals surface area (Å²) in [5.41, 5.74) is 2.93. The topological polar surface area (TPSA) is 55.3 Å². The van der Waals surface area contributed by atoms with Crippen molar-refractivity contribution in [3.05, 3.63) is 53.6 Å². The zero-order valence-electron chi connectivity index (χ0n) is 14.2. The smallest absolute Gasteiger partial charge is 0.227 e. The van der Waals surface area contributed by atoms with Crippen LogP contribution in [0, 0.1) is 6.92 Å². The highest BCUT2D eigenvalue weighted by molar-refractivity contribution is 5.79. The van der Waals surface area contributed by atoms with Crippen LogP contribution in [0.5, 0.6) is 5.75 Å². The molecule has 24 heavy (non-hydrogen) atoms. The van der Waals surface area contributed by atoms with Crippen LogP contribution >= 0.6 is 0 Å². The minimum absolute atomic E-state index is 0.172. The molecule has 1 aromatic carbocycles. The predicted molar refractivity (Wildman–Crippen MR) is 92.0 cm³/mol. The van der Waals surface area contributed by atoms with Gasteiger partial charge < -0.3 is 9.64 Å². The Morgan fingerprint density at radius 1 is 1.29 bits per heavy atom. The summed E-state index contributed by atoms with van der Waals surface area (Å²) in [6.45, 7) is 3.50. The maximum absolute atomic E-state index is 12.6. The Morgan fingerprint density at radius 3 is 2.79 bits per heavy atom. The number of hydrogen-bond donors (Lipinski definition) is 0. The number of benzene rings is 1. The van der Waals surface area contributed by atoms with E-state index in [0.717, 1.165) is 48.6 Å². The minimum Gasteiger partial charge on any atom is -0.497 e. The number of piperidine rings is 1. The third-order valence-corrected chi connectivity index (χ3v) is 4.48. The molecular formula is C19H23N3O2. The average Bonchev–Trinajstić information content (AvgIpc) is 2.62. The fourth-order valence-electron chi connectivity index (χ4n) is 3.15. The van der Waals surface area contributed by atoms with Gasteiger partial charge in [-0.05, 0) is 37.5 Å². The number of aromatic nitrogens is 2.